The first-order valence-corrected chi connectivity index (χ1v) is 15.4. The van der Waals surface area contributed by atoms with Crippen LogP contribution in [0.5, 0.6) is 11.5 Å². The lowest BCUT2D eigenvalue weighted by molar-refractivity contribution is -0.137. The average Bonchev–Trinajstić information content (AvgIpc) is 3.61. The zero-order valence-electron chi connectivity index (χ0n) is 27.4. The highest BCUT2D eigenvalue weighted by molar-refractivity contribution is 6.06. The number of rotatable bonds is 10. The number of carbonyl (C=O) groups excluding carboxylic acids is 4. The first-order chi connectivity index (χ1) is 23.0. The van der Waals surface area contributed by atoms with Crippen LogP contribution in [0.4, 0.5) is 5.69 Å². The number of hydrazine groups is 1. The van der Waals surface area contributed by atoms with Crippen LogP contribution in [0.15, 0.2) is 53.6 Å². The van der Waals surface area contributed by atoms with Crippen LogP contribution in [0, 0.1) is 0 Å². The number of aryl methyl sites for hydroxylation is 2. The van der Waals surface area contributed by atoms with Crippen molar-refractivity contribution in [1.29, 1.82) is 0 Å². The second kappa shape index (κ2) is 12.9. The second-order valence-corrected chi connectivity index (χ2v) is 12.1. The molecule has 250 valence electrons. The highest BCUT2D eigenvalue weighted by Crippen LogP contribution is 2.38. The van der Waals surface area contributed by atoms with E-state index in [-0.39, 0.29) is 49.2 Å². The predicted octanol–water partition coefficient (Wildman–Crippen LogP) is 1.90. The van der Waals surface area contributed by atoms with Crippen molar-refractivity contribution in [1.82, 2.24) is 29.7 Å². The van der Waals surface area contributed by atoms with Gasteiger partial charge in [-0.15, -0.1) is 0 Å². The van der Waals surface area contributed by atoms with Crippen molar-refractivity contribution < 1.29 is 28.7 Å². The number of piperidine rings is 1. The summed E-state index contributed by atoms with van der Waals surface area (Å²) in [5, 5.41) is 3.12. The molecule has 48 heavy (non-hydrogen) atoms. The van der Waals surface area contributed by atoms with Crippen molar-refractivity contribution in [3.8, 4) is 22.6 Å². The van der Waals surface area contributed by atoms with Gasteiger partial charge in [-0.3, -0.25) is 45.0 Å². The number of amides is 4. The molecule has 1 fully saturated rings. The molecular formula is C34H37N7O7. The SMILES string of the molecule is COc1cc(-c2cn(C)c(=O)c3c2ccn3C)cc(OC)c1CN(C)CC(=O)NNc1cccc2c1CN(C1CCC(=O)NC1=O)C2=O. The van der Waals surface area contributed by atoms with Crippen molar-refractivity contribution >= 4 is 40.2 Å². The minimum atomic E-state index is -0.734. The lowest BCUT2D eigenvalue weighted by atomic mass is 10.00. The van der Waals surface area contributed by atoms with Crippen LogP contribution >= 0.6 is 0 Å². The first-order valence-electron chi connectivity index (χ1n) is 15.4. The van der Waals surface area contributed by atoms with Gasteiger partial charge in [0.05, 0.1) is 32.0 Å². The van der Waals surface area contributed by atoms with Crippen molar-refractivity contribution in [3.05, 3.63) is 75.8 Å². The van der Waals surface area contributed by atoms with Crippen molar-refractivity contribution in [2.45, 2.75) is 32.0 Å². The standard InChI is InChI=1S/C34H37N7O7/c1-38(15-24-27(47-4)13-19(14-28(24)48-5)22-16-40(3)34(46)31-20(22)11-12-39(31)2)18-30(43)37-36-25-8-6-7-21-23(25)17-41(33(21)45)26-9-10-29(42)35-32(26)44/h6-8,11-14,16,26,36H,9-10,15,17-18H2,1-5H3,(H,37,43)(H,35,42,44). The minimum Gasteiger partial charge on any atom is -0.496 e. The van der Waals surface area contributed by atoms with Gasteiger partial charge in [-0.2, -0.15) is 0 Å². The molecule has 14 nitrogen and oxygen atoms in total. The summed E-state index contributed by atoms with van der Waals surface area (Å²) < 4.78 is 14.9. The number of hydrogen-bond acceptors (Lipinski definition) is 9. The van der Waals surface area contributed by atoms with Gasteiger partial charge in [0.2, 0.25) is 11.8 Å². The van der Waals surface area contributed by atoms with E-state index in [0.717, 1.165) is 22.1 Å². The summed E-state index contributed by atoms with van der Waals surface area (Å²) >= 11 is 0. The van der Waals surface area contributed by atoms with Crippen LogP contribution in [0.2, 0.25) is 0 Å². The number of ether oxygens (including phenoxy) is 2. The number of benzene rings is 2. The second-order valence-electron chi connectivity index (χ2n) is 12.1. The first kappa shape index (κ1) is 32.3. The predicted molar refractivity (Wildman–Crippen MR) is 177 cm³/mol. The van der Waals surface area contributed by atoms with Crippen LogP contribution in [0.25, 0.3) is 22.0 Å². The molecule has 0 bridgehead atoms. The Kier molecular flexibility index (Phi) is 8.67. The summed E-state index contributed by atoms with van der Waals surface area (Å²) in [6, 6.07) is 10.1. The van der Waals surface area contributed by atoms with E-state index in [4.69, 9.17) is 9.47 Å². The third-order valence-corrected chi connectivity index (χ3v) is 8.89. The smallest absolute Gasteiger partial charge is 0.274 e. The Morgan fingerprint density at radius 3 is 2.44 bits per heavy atom. The van der Waals surface area contributed by atoms with Gasteiger partial charge >= 0.3 is 0 Å². The third-order valence-electron chi connectivity index (χ3n) is 8.89. The molecule has 3 N–H and O–H groups in total. The summed E-state index contributed by atoms with van der Waals surface area (Å²) in [6.45, 7) is 0.511. The topological polar surface area (TPSA) is 156 Å². The fourth-order valence-electron chi connectivity index (χ4n) is 6.48. The van der Waals surface area contributed by atoms with E-state index in [0.29, 0.717) is 40.4 Å². The molecule has 2 aromatic heterocycles. The maximum absolute atomic E-state index is 13.1. The number of fused-ring (bicyclic) bond motifs is 2. The number of methoxy groups -OCH3 is 2. The molecule has 4 heterocycles. The van der Waals surface area contributed by atoms with Gasteiger partial charge in [0.25, 0.3) is 17.4 Å². The average molecular weight is 656 g/mol. The number of nitrogens with one attached hydrogen (secondary N) is 3. The molecule has 6 rings (SSSR count). The fourth-order valence-corrected chi connectivity index (χ4v) is 6.48. The Morgan fingerprint density at radius 2 is 1.75 bits per heavy atom. The summed E-state index contributed by atoms with van der Waals surface area (Å²) in [7, 11) is 8.49. The van der Waals surface area contributed by atoms with E-state index in [9.17, 15) is 24.0 Å². The van der Waals surface area contributed by atoms with E-state index >= 15 is 0 Å². The molecule has 0 spiro atoms. The molecule has 0 saturated carbocycles. The molecule has 1 unspecified atom stereocenters. The van der Waals surface area contributed by atoms with Crippen LogP contribution in [-0.2, 0) is 41.6 Å². The third kappa shape index (κ3) is 5.86. The molecule has 1 atom stereocenters. The molecule has 0 radical (unpaired) electrons. The van der Waals surface area contributed by atoms with Crippen LogP contribution in [0.3, 0.4) is 0 Å². The van der Waals surface area contributed by atoms with Crippen molar-refractivity contribution in [2.75, 3.05) is 33.2 Å². The van der Waals surface area contributed by atoms with Gasteiger partial charge in [-0.1, -0.05) is 6.07 Å². The normalized spacial score (nSPS) is 15.9. The van der Waals surface area contributed by atoms with Gasteiger partial charge in [-0.05, 0) is 49.4 Å². The van der Waals surface area contributed by atoms with Crippen LogP contribution in [0.1, 0.15) is 34.3 Å². The molecule has 2 aliphatic heterocycles. The Balaban J connectivity index is 1.14. The van der Waals surface area contributed by atoms with E-state index in [1.807, 2.05) is 36.3 Å². The number of aromatic nitrogens is 2. The number of pyridine rings is 1. The molecular weight excluding hydrogens is 618 g/mol. The van der Waals surface area contributed by atoms with E-state index < -0.39 is 11.9 Å². The number of imide groups is 1. The molecule has 14 heteroatoms. The van der Waals surface area contributed by atoms with E-state index in [2.05, 4.69) is 16.2 Å². The van der Waals surface area contributed by atoms with Gasteiger partial charge in [0.15, 0.2) is 0 Å². The van der Waals surface area contributed by atoms with Gasteiger partial charge in [-0.25, -0.2) is 0 Å². The lowest BCUT2D eigenvalue weighted by Gasteiger charge is -2.29. The number of likely N-dealkylation sites (N-methyl/N-ethyl adjacent to an activating group) is 1. The zero-order chi connectivity index (χ0) is 34.3. The number of carbonyl (C=O) groups is 4. The fraction of sp³-hybridized carbons (Fsp3) is 0.324. The Hall–Kier alpha value is -5.63. The van der Waals surface area contributed by atoms with Gasteiger partial charge in [0.1, 0.15) is 23.1 Å². The Morgan fingerprint density at radius 1 is 1.02 bits per heavy atom. The summed E-state index contributed by atoms with van der Waals surface area (Å²) in [5.74, 6) is -0.322. The van der Waals surface area contributed by atoms with E-state index in [1.54, 1.807) is 61.8 Å². The number of nitrogens with zero attached hydrogens (tertiary/aromatic N) is 4. The molecule has 2 aromatic carbocycles. The van der Waals surface area contributed by atoms with E-state index in [1.165, 1.54) is 4.90 Å². The molecule has 2 aliphatic rings. The van der Waals surface area contributed by atoms with Gasteiger partial charge in [0, 0.05) is 68.1 Å². The summed E-state index contributed by atoms with van der Waals surface area (Å²) in [6.07, 6.45) is 4.08. The Bertz CT molecular complexity index is 2010. The number of hydrogen-bond donors (Lipinski definition) is 3. The monoisotopic (exact) mass is 655 g/mol. The maximum Gasteiger partial charge on any atom is 0.274 e. The molecule has 1 saturated heterocycles. The summed E-state index contributed by atoms with van der Waals surface area (Å²) in [4.78, 5) is 66.2. The van der Waals surface area contributed by atoms with Crippen molar-refractivity contribution in [3.63, 3.8) is 0 Å². The number of anilines is 1. The van der Waals surface area contributed by atoms with Crippen LogP contribution in [-0.4, -0.2) is 76.4 Å². The largest absolute Gasteiger partial charge is 0.496 e. The molecule has 4 aromatic rings. The van der Waals surface area contributed by atoms with Gasteiger partial charge < -0.3 is 23.5 Å². The Labute approximate surface area is 276 Å². The minimum absolute atomic E-state index is 0.0167. The summed E-state index contributed by atoms with van der Waals surface area (Å²) in [5.41, 5.74) is 10.2. The van der Waals surface area contributed by atoms with Crippen molar-refractivity contribution in [2.24, 2.45) is 14.1 Å². The molecule has 0 aliphatic carbocycles. The van der Waals surface area contributed by atoms with Crippen LogP contribution < -0.4 is 31.2 Å². The lowest BCUT2D eigenvalue weighted by Crippen LogP contribution is -2.52. The highest BCUT2D eigenvalue weighted by Gasteiger charge is 2.40. The zero-order valence-corrected chi connectivity index (χ0v) is 27.4. The molecule has 4 amide bonds. The maximum atomic E-state index is 13.1. The highest BCUT2D eigenvalue weighted by atomic mass is 16.5. The quantitative estimate of drug-likeness (QED) is 0.172.